The number of hydrogen-bond acceptors (Lipinski definition) is 3. The van der Waals surface area contributed by atoms with Crippen molar-refractivity contribution in [3.05, 3.63) is 35.5 Å². The fraction of sp³-hybridized carbons (Fsp3) is 0.571. The lowest BCUT2D eigenvalue weighted by atomic mass is 9.91. The third-order valence-corrected chi connectivity index (χ3v) is 5.34. The monoisotopic (exact) mass is 342 g/mol. The number of rotatable bonds is 8. The SMILES string of the molecule is CCCCCCCCC1N[C@H](C(=O)OC)Cc2c1[nH]c1ccccc21. The first-order valence-electron chi connectivity index (χ1n) is 9.68. The molecule has 0 amide bonds. The molecule has 3 rings (SSSR count). The molecule has 2 N–H and O–H groups in total. The van der Waals surface area contributed by atoms with E-state index in [4.69, 9.17) is 4.74 Å². The molecular weight excluding hydrogens is 312 g/mol. The van der Waals surface area contributed by atoms with Crippen molar-refractivity contribution in [1.82, 2.24) is 10.3 Å². The number of H-pyrrole nitrogens is 1. The number of ether oxygens (including phenoxy) is 1. The van der Waals surface area contributed by atoms with Crippen molar-refractivity contribution in [3.63, 3.8) is 0 Å². The largest absolute Gasteiger partial charge is 0.468 e. The van der Waals surface area contributed by atoms with Crippen LogP contribution in [0, 0.1) is 0 Å². The van der Waals surface area contributed by atoms with Gasteiger partial charge < -0.3 is 9.72 Å². The van der Waals surface area contributed by atoms with E-state index in [1.165, 1.54) is 62.3 Å². The summed E-state index contributed by atoms with van der Waals surface area (Å²) < 4.78 is 5.00. The third kappa shape index (κ3) is 4.06. The topological polar surface area (TPSA) is 54.1 Å². The molecule has 0 bridgehead atoms. The number of aromatic nitrogens is 1. The van der Waals surface area contributed by atoms with Gasteiger partial charge in [0.05, 0.1) is 7.11 Å². The molecule has 0 saturated carbocycles. The summed E-state index contributed by atoms with van der Waals surface area (Å²) in [5, 5.41) is 4.75. The van der Waals surface area contributed by atoms with Crippen LogP contribution in [0.3, 0.4) is 0 Å². The Bertz CT molecular complexity index is 707. The number of unbranched alkanes of at least 4 members (excludes halogenated alkanes) is 5. The second-order valence-electron chi connectivity index (χ2n) is 7.12. The quantitative estimate of drug-likeness (QED) is 0.542. The number of fused-ring (bicyclic) bond motifs is 3. The zero-order chi connectivity index (χ0) is 17.6. The van der Waals surface area contributed by atoms with E-state index in [2.05, 4.69) is 41.5 Å². The van der Waals surface area contributed by atoms with Crippen molar-refractivity contribution in [2.45, 2.75) is 70.4 Å². The Morgan fingerprint density at radius 1 is 1.16 bits per heavy atom. The van der Waals surface area contributed by atoms with Crippen LogP contribution in [0.15, 0.2) is 24.3 Å². The van der Waals surface area contributed by atoms with Gasteiger partial charge in [-0.1, -0.05) is 63.6 Å². The lowest BCUT2D eigenvalue weighted by molar-refractivity contribution is -0.143. The van der Waals surface area contributed by atoms with E-state index in [9.17, 15) is 4.79 Å². The summed E-state index contributed by atoms with van der Waals surface area (Å²) >= 11 is 0. The molecule has 0 fully saturated rings. The molecule has 1 aliphatic heterocycles. The standard InChI is InChI=1S/C21H30N2O2/c1-3-4-5-6-7-8-13-18-20-16(14-19(22-18)21(24)25-2)15-11-9-10-12-17(15)23-20/h9-12,18-19,22-23H,3-8,13-14H2,1-2H3/t18?,19-/m0/s1. The van der Waals surface area contributed by atoms with Gasteiger partial charge in [0.15, 0.2) is 0 Å². The first kappa shape index (κ1) is 18.0. The molecule has 2 heterocycles. The Balaban J connectivity index is 1.74. The minimum absolute atomic E-state index is 0.163. The van der Waals surface area contributed by atoms with Crippen molar-refractivity contribution >= 4 is 16.9 Å². The van der Waals surface area contributed by atoms with Gasteiger partial charge in [-0.25, -0.2) is 0 Å². The van der Waals surface area contributed by atoms with Gasteiger partial charge in [0.1, 0.15) is 6.04 Å². The van der Waals surface area contributed by atoms with Gasteiger partial charge in [-0.2, -0.15) is 0 Å². The van der Waals surface area contributed by atoms with E-state index in [1.54, 1.807) is 0 Å². The Hall–Kier alpha value is -1.81. The van der Waals surface area contributed by atoms with Crippen LogP contribution in [0.4, 0.5) is 0 Å². The van der Waals surface area contributed by atoms with Crippen LogP contribution in [0.25, 0.3) is 10.9 Å². The molecule has 0 saturated heterocycles. The average molecular weight is 342 g/mol. The fourth-order valence-corrected chi connectivity index (χ4v) is 3.98. The van der Waals surface area contributed by atoms with Gasteiger partial charge in [-0.3, -0.25) is 10.1 Å². The molecule has 2 aromatic rings. The number of hydrogen-bond donors (Lipinski definition) is 2. The summed E-state index contributed by atoms with van der Waals surface area (Å²) in [6.07, 6.45) is 9.44. The second-order valence-corrected chi connectivity index (χ2v) is 7.12. The molecule has 0 aliphatic carbocycles. The van der Waals surface area contributed by atoms with Crippen LogP contribution >= 0.6 is 0 Å². The maximum atomic E-state index is 12.1. The molecule has 0 spiro atoms. The normalized spacial score (nSPS) is 19.8. The van der Waals surface area contributed by atoms with Gasteiger partial charge in [0.2, 0.25) is 0 Å². The highest BCUT2D eigenvalue weighted by Gasteiger charge is 2.33. The zero-order valence-electron chi connectivity index (χ0n) is 15.4. The van der Waals surface area contributed by atoms with Crippen molar-refractivity contribution < 1.29 is 9.53 Å². The molecule has 1 aromatic carbocycles. The number of carbonyl (C=O) groups is 1. The van der Waals surface area contributed by atoms with E-state index in [0.29, 0.717) is 6.42 Å². The fourth-order valence-electron chi connectivity index (χ4n) is 3.98. The van der Waals surface area contributed by atoms with Crippen molar-refractivity contribution in [1.29, 1.82) is 0 Å². The summed E-state index contributed by atoms with van der Waals surface area (Å²) in [4.78, 5) is 15.7. The van der Waals surface area contributed by atoms with Crippen LogP contribution in [0.5, 0.6) is 0 Å². The highest BCUT2D eigenvalue weighted by molar-refractivity contribution is 5.87. The number of esters is 1. The Kier molecular flexibility index (Phi) is 6.14. The van der Waals surface area contributed by atoms with Crippen LogP contribution in [0.2, 0.25) is 0 Å². The van der Waals surface area contributed by atoms with E-state index >= 15 is 0 Å². The molecule has 0 radical (unpaired) electrons. The van der Waals surface area contributed by atoms with E-state index < -0.39 is 0 Å². The van der Waals surface area contributed by atoms with Crippen LogP contribution in [0.1, 0.15) is 69.2 Å². The highest BCUT2D eigenvalue weighted by atomic mass is 16.5. The van der Waals surface area contributed by atoms with Crippen LogP contribution in [-0.4, -0.2) is 24.1 Å². The average Bonchev–Trinajstić information content (AvgIpc) is 3.02. The molecule has 2 atom stereocenters. The summed E-state index contributed by atoms with van der Waals surface area (Å²) in [5.41, 5.74) is 3.70. The minimum Gasteiger partial charge on any atom is -0.468 e. The Morgan fingerprint density at radius 3 is 2.72 bits per heavy atom. The summed E-state index contributed by atoms with van der Waals surface area (Å²) in [6, 6.07) is 8.33. The van der Waals surface area contributed by atoms with Gasteiger partial charge in [-0.15, -0.1) is 0 Å². The molecule has 1 unspecified atom stereocenters. The number of carbonyl (C=O) groups excluding carboxylic acids is 1. The van der Waals surface area contributed by atoms with E-state index in [1.807, 2.05) is 0 Å². The molecular formula is C21H30N2O2. The number of nitrogens with one attached hydrogen (secondary N) is 2. The maximum Gasteiger partial charge on any atom is 0.323 e. The second kappa shape index (κ2) is 8.52. The lowest BCUT2D eigenvalue weighted by Gasteiger charge is -2.30. The van der Waals surface area contributed by atoms with Crippen LogP contribution < -0.4 is 5.32 Å². The smallest absolute Gasteiger partial charge is 0.323 e. The van der Waals surface area contributed by atoms with E-state index in [0.717, 1.165) is 11.9 Å². The van der Waals surface area contributed by atoms with Gasteiger partial charge in [0, 0.05) is 29.1 Å². The number of aromatic amines is 1. The van der Waals surface area contributed by atoms with Gasteiger partial charge in [0.25, 0.3) is 0 Å². The molecule has 1 aliphatic rings. The van der Waals surface area contributed by atoms with Crippen molar-refractivity contribution in [2.24, 2.45) is 0 Å². The van der Waals surface area contributed by atoms with Gasteiger partial charge in [-0.05, 0) is 18.1 Å². The predicted octanol–water partition coefficient (Wildman–Crippen LogP) is 4.65. The summed E-state index contributed by atoms with van der Waals surface area (Å²) in [6.45, 7) is 2.25. The summed E-state index contributed by atoms with van der Waals surface area (Å²) in [5.74, 6) is -0.163. The first-order chi connectivity index (χ1) is 12.2. The number of methoxy groups -OCH3 is 1. The molecule has 4 nitrogen and oxygen atoms in total. The summed E-state index contributed by atoms with van der Waals surface area (Å²) in [7, 11) is 1.47. The highest BCUT2D eigenvalue weighted by Crippen LogP contribution is 2.34. The molecule has 136 valence electrons. The first-order valence-corrected chi connectivity index (χ1v) is 9.68. The van der Waals surface area contributed by atoms with Crippen LogP contribution in [-0.2, 0) is 16.0 Å². The lowest BCUT2D eigenvalue weighted by Crippen LogP contribution is -2.45. The minimum atomic E-state index is -0.248. The Labute approximate surface area is 150 Å². The Morgan fingerprint density at radius 2 is 1.92 bits per heavy atom. The molecule has 4 heteroatoms. The van der Waals surface area contributed by atoms with E-state index in [-0.39, 0.29) is 18.1 Å². The van der Waals surface area contributed by atoms with Gasteiger partial charge >= 0.3 is 5.97 Å². The maximum absolute atomic E-state index is 12.1. The third-order valence-electron chi connectivity index (χ3n) is 5.34. The molecule has 25 heavy (non-hydrogen) atoms. The zero-order valence-corrected chi connectivity index (χ0v) is 15.4. The molecule has 1 aromatic heterocycles. The van der Waals surface area contributed by atoms with Crippen molar-refractivity contribution in [3.8, 4) is 0 Å². The number of para-hydroxylation sites is 1. The number of benzene rings is 1. The van der Waals surface area contributed by atoms with Crippen molar-refractivity contribution in [2.75, 3.05) is 7.11 Å². The predicted molar refractivity (Wildman–Crippen MR) is 102 cm³/mol.